The van der Waals surface area contributed by atoms with Gasteiger partial charge in [0.2, 0.25) is 5.91 Å². The van der Waals surface area contributed by atoms with Crippen molar-refractivity contribution in [2.75, 3.05) is 39.3 Å². The molecule has 178 valence electrons. The smallest absolute Gasteiger partial charge is 0.323 e. The number of nitrogens with one attached hydrogen (secondary N) is 2. The van der Waals surface area contributed by atoms with Gasteiger partial charge in [-0.05, 0) is 17.5 Å². The van der Waals surface area contributed by atoms with Crippen molar-refractivity contribution in [3.8, 4) is 0 Å². The first-order chi connectivity index (χ1) is 16.5. The Kier molecular flexibility index (Phi) is 7.54. The second-order valence-corrected chi connectivity index (χ2v) is 8.53. The maximum absolute atomic E-state index is 12.2. The zero-order valence-corrected chi connectivity index (χ0v) is 18.9. The molecule has 0 aliphatic carbocycles. The molecule has 9 nitrogen and oxygen atoms in total. The van der Waals surface area contributed by atoms with E-state index < -0.39 is 5.97 Å². The van der Waals surface area contributed by atoms with E-state index >= 15 is 0 Å². The summed E-state index contributed by atoms with van der Waals surface area (Å²) in [4.78, 5) is 31.9. The molecule has 1 amide bonds. The minimum Gasteiger partial charge on any atom is -0.480 e. The van der Waals surface area contributed by atoms with E-state index in [4.69, 9.17) is 15.4 Å². The van der Waals surface area contributed by atoms with Crippen molar-refractivity contribution >= 4 is 23.4 Å². The van der Waals surface area contributed by atoms with Crippen LogP contribution in [0.4, 0.5) is 0 Å². The number of oxime groups is 1. The summed E-state index contributed by atoms with van der Waals surface area (Å²) >= 11 is 0. The van der Waals surface area contributed by atoms with Crippen LogP contribution >= 0.6 is 0 Å². The molecule has 0 radical (unpaired) electrons. The van der Waals surface area contributed by atoms with E-state index in [2.05, 4.69) is 22.6 Å². The van der Waals surface area contributed by atoms with Crippen LogP contribution in [0.1, 0.15) is 23.1 Å². The molecule has 0 saturated carbocycles. The Labute approximate surface area is 198 Å². The van der Waals surface area contributed by atoms with Gasteiger partial charge in [0.25, 0.3) is 0 Å². The zero-order chi connectivity index (χ0) is 23.9. The van der Waals surface area contributed by atoms with Crippen LogP contribution in [-0.4, -0.2) is 83.7 Å². The predicted octanol–water partition coefficient (Wildman–Crippen LogP) is 1.57. The number of amidine groups is 1. The van der Waals surface area contributed by atoms with Gasteiger partial charge >= 0.3 is 5.97 Å². The fourth-order valence-electron chi connectivity index (χ4n) is 4.14. The normalized spacial score (nSPS) is 18.4. The highest BCUT2D eigenvalue weighted by molar-refractivity contribution is 6.02. The van der Waals surface area contributed by atoms with Gasteiger partial charge in [0.05, 0.1) is 12.3 Å². The molecule has 1 fully saturated rings. The van der Waals surface area contributed by atoms with E-state index in [1.54, 1.807) is 0 Å². The molecule has 2 aromatic rings. The van der Waals surface area contributed by atoms with Gasteiger partial charge in [0, 0.05) is 38.2 Å². The molecule has 2 aliphatic heterocycles. The number of hydrogen-bond donors (Lipinski definition) is 3. The Morgan fingerprint density at radius 2 is 1.91 bits per heavy atom. The third-order valence-corrected chi connectivity index (χ3v) is 5.98. The molecule has 9 heteroatoms. The first kappa shape index (κ1) is 23.4. The molecule has 2 heterocycles. The van der Waals surface area contributed by atoms with Gasteiger partial charge in [0.1, 0.15) is 18.5 Å². The number of aliphatic carboxylic acids is 1. The second-order valence-electron chi connectivity index (χ2n) is 8.53. The Bertz CT molecular complexity index is 1050. The SMILES string of the molecule is N=C(NCCc1ccccc1)c1ccc(C2=NOC(CN3CCN(CC(=O)O)C(=O)C3)C2)cc1. The van der Waals surface area contributed by atoms with Crippen molar-refractivity contribution in [3.05, 3.63) is 71.3 Å². The Morgan fingerprint density at radius 1 is 1.15 bits per heavy atom. The van der Waals surface area contributed by atoms with E-state index in [1.165, 1.54) is 10.5 Å². The van der Waals surface area contributed by atoms with Gasteiger partial charge in [0.15, 0.2) is 0 Å². The minimum atomic E-state index is -0.997. The third kappa shape index (κ3) is 6.20. The lowest BCUT2D eigenvalue weighted by molar-refractivity contribution is -0.147. The number of carbonyl (C=O) groups is 2. The topological polar surface area (TPSA) is 118 Å². The summed E-state index contributed by atoms with van der Waals surface area (Å²) in [6.45, 7) is 2.21. The summed E-state index contributed by atoms with van der Waals surface area (Å²) in [7, 11) is 0. The van der Waals surface area contributed by atoms with Crippen molar-refractivity contribution in [1.29, 1.82) is 5.41 Å². The first-order valence-electron chi connectivity index (χ1n) is 11.4. The van der Waals surface area contributed by atoms with E-state index in [0.29, 0.717) is 38.4 Å². The van der Waals surface area contributed by atoms with Crippen LogP contribution in [0.25, 0.3) is 0 Å². The lowest BCUT2D eigenvalue weighted by Gasteiger charge is -2.34. The standard InChI is InChI=1S/C25H29N5O4/c26-25(27-11-10-18-4-2-1-3-5-18)20-8-6-19(7-9-20)22-14-21(34-28-22)15-29-12-13-30(17-24(32)33)23(31)16-29/h1-9,21H,10-17H2,(H2,26,27)(H,32,33). The summed E-state index contributed by atoms with van der Waals surface area (Å²) in [6.07, 6.45) is 1.35. The molecule has 4 rings (SSSR count). The number of rotatable bonds is 9. The van der Waals surface area contributed by atoms with E-state index in [-0.39, 0.29) is 25.1 Å². The van der Waals surface area contributed by atoms with Gasteiger partial charge in [-0.15, -0.1) is 0 Å². The van der Waals surface area contributed by atoms with Gasteiger partial charge in [-0.25, -0.2) is 0 Å². The molecular formula is C25H29N5O4. The molecule has 1 atom stereocenters. The van der Waals surface area contributed by atoms with E-state index in [0.717, 1.165) is 23.3 Å². The Hall–Kier alpha value is -3.72. The lowest BCUT2D eigenvalue weighted by Crippen LogP contribution is -2.53. The molecule has 0 spiro atoms. The van der Waals surface area contributed by atoms with Gasteiger partial charge in [-0.2, -0.15) is 0 Å². The summed E-state index contributed by atoms with van der Waals surface area (Å²) in [6, 6.07) is 17.9. The minimum absolute atomic E-state index is 0.147. The molecule has 0 bridgehead atoms. The van der Waals surface area contributed by atoms with E-state index in [9.17, 15) is 9.59 Å². The number of carbonyl (C=O) groups excluding carboxylic acids is 1. The number of piperazine rings is 1. The zero-order valence-electron chi connectivity index (χ0n) is 18.9. The van der Waals surface area contributed by atoms with Crippen LogP contribution in [0.2, 0.25) is 0 Å². The second kappa shape index (κ2) is 10.9. The van der Waals surface area contributed by atoms with Crippen LogP contribution in [0.15, 0.2) is 59.8 Å². The molecule has 1 unspecified atom stereocenters. The maximum Gasteiger partial charge on any atom is 0.323 e. The van der Waals surface area contributed by atoms with Crippen LogP contribution in [0, 0.1) is 5.41 Å². The summed E-state index contributed by atoms with van der Waals surface area (Å²) in [5.74, 6) is -0.789. The summed E-state index contributed by atoms with van der Waals surface area (Å²) in [5.41, 5.74) is 3.84. The lowest BCUT2D eigenvalue weighted by atomic mass is 10.0. The van der Waals surface area contributed by atoms with Crippen LogP contribution < -0.4 is 5.32 Å². The van der Waals surface area contributed by atoms with Crippen LogP contribution in [0.3, 0.4) is 0 Å². The van der Waals surface area contributed by atoms with Crippen molar-refractivity contribution in [1.82, 2.24) is 15.1 Å². The first-order valence-corrected chi connectivity index (χ1v) is 11.4. The summed E-state index contributed by atoms with van der Waals surface area (Å²) in [5, 5.41) is 24.6. The van der Waals surface area contributed by atoms with Crippen molar-refractivity contribution < 1.29 is 19.5 Å². The molecule has 2 aromatic carbocycles. The van der Waals surface area contributed by atoms with E-state index in [1.807, 2.05) is 47.4 Å². The maximum atomic E-state index is 12.2. The highest BCUT2D eigenvalue weighted by atomic mass is 16.6. The fraction of sp³-hybridized carbons (Fsp3) is 0.360. The number of carboxylic acids is 1. The molecule has 1 saturated heterocycles. The average Bonchev–Trinajstić information content (AvgIpc) is 3.30. The van der Waals surface area contributed by atoms with Gasteiger partial charge in [-0.3, -0.25) is 19.9 Å². The van der Waals surface area contributed by atoms with Gasteiger partial charge in [-0.1, -0.05) is 59.8 Å². The molecule has 0 aromatic heterocycles. The van der Waals surface area contributed by atoms with Crippen LogP contribution in [0.5, 0.6) is 0 Å². The monoisotopic (exact) mass is 463 g/mol. The molecule has 34 heavy (non-hydrogen) atoms. The molecular weight excluding hydrogens is 434 g/mol. The molecule has 2 aliphatic rings. The fourth-order valence-corrected chi connectivity index (χ4v) is 4.14. The predicted molar refractivity (Wildman–Crippen MR) is 128 cm³/mol. The number of nitrogens with zero attached hydrogens (tertiary/aromatic N) is 3. The van der Waals surface area contributed by atoms with Gasteiger partial charge < -0.3 is 20.2 Å². The highest BCUT2D eigenvalue weighted by Gasteiger charge is 2.30. The Morgan fingerprint density at radius 3 is 2.62 bits per heavy atom. The van der Waals surface area contributed by atoms with Crippen molar-refractivity contribution in [2.45, 2.75) is 18.9 Å². The highest BCUT2D eigenvalue weighted by Crippen LogP contribution is 2.19. The Balaban J connectivity index is 1.22. The quantitative estimate of drug-likeness (QED) is 0.384. The largest absolute Gasteiger partial charge is 0.480 e. The van der Waals surface area contributed by atoms with Crippen molar-refractivity contribution in [3.63, 3.8) is 0 Å². The third-order valence-electron chi connectivity index (χ3n) is 5.98. The number of carboxylic acid groups (broad SMARTS) is 1. The summed E-state index contributed by atoms with van der Waals surface area (Å²) < 4.78 is 0. The number of hydrogen-bond acceptors (Lipinski definition) is 6. The van der Waals surface area contributed by atoms with Crippen molar-refractivity contribution in [2.24, 2.45) is 5.16 Å². The number of amides is 1. The number of benzene rings is 2. The van der Waals surface area contributed by atoms with Crippen LogP contribution in [-0.2, 0) is 20.8 Å². The average molecular weight is 464 g/mol. The molecule has 3 N–H and O–H groups in total.